The van der Waals surface area contributed by atoms with Crippen LogP contribution in [-0.4, -0.2) is 34.3 Å². The topological polar surface area (TPSA) is 67.1 Å². The fraction of sp³-hybridized carbons (Fsp3) is 0.611. The van der Waals surface area contributed by atoms with Crippen molar-refractivity contribution in [2.75, 3.05) is 13.6 Å². The first-order valence-electron chi connectivity index (χ1n) is 8.99. The van der Waals surface area contributed by atoms with Crippen molar-refractivity contribution in [2.24, 2.45) is 4.99 Å². The second-order valence-electron chi connectivity index (χ2n) is 7.14. The number of thiophene rings is 1. The number of nitrogens with zero attached hydrogens (tertiary/aromatic N) is 4. The average Bonchev–Trinajstić information content (AvgIpc) is 3.21. The Balaban J connectivity index is 0.00000243. The number of hydrogen-bond acceptors (Lipinski definition) is 4. The first kappa shape index (κ1) is 21.1. The van der Waals surface area contributed by atoms with Gasteiger partial charge in [0.1, 0.15) is 5.82 Å². The molecule has 26 heavy (non-hydrogen) atoms. The largest absolute Gasteiger partial charge is 0.356 e. The van der Waals surface area contributed by atoms with Crippen LogP contribution in [0.2, 0.25) is 0 Å². The van der Waals surface area contributed by atoms with Gasteiger partial charge in [-0.25, -0.2) is 0 Å². The van der Waals surface area contributed by atoms with Crippen molar-refractivity contribution in [3.63, 3.8) is 0 Å². The second-order valence-corrected chi connectivity index (χ2v) is 8.08. The maximum atomic E-state index is 4.36. The number of rotatable bonds is 5. The molecule has 0 saturated heterocycles. The molecule has 0 aliphatic carbocycles. The highest BCUT2D eigenvalue weighted by Crippen LogP contribution is 2.26. The summed E-state index contributed by atoms with van der Waals surface area (Å²) in [4.78, 5) is 5.72. The molecule has 1 aliphatic heterocycles. The van der Waals surface area contributed by atoms with E-state index < -0.39 is 0 Å². The summed E-state index contributed by atoms with van der Waals surface area (Å²) in [5, 5.41) is 17.7. The summed E-state index contributed by atoms with van der Waals surface area (Å²) in [6.45, 7) is 6.99. The molecule has 2 aromatic rings. The maximum Gasteiger partial charge on any atom is 0.191 e. The summed E-state index contributed by atoms with van der Waals surface area (Å²) in [5.41, 5.74) is 0.0672. The van der Waals surface area contributed by atoms with Crippen molar-refractivity contribution in [3.8, 4) is 0 Å². The Hall–Kier alpha value is -1.16. The highest BCUT2D eigenvalue weighted by atomic mass is 127. The van der Waals surface area contributed by atoms with Crippen molar-refractivity contribution in [1.29, 1.82) is 0 Å². The fourth-order valence-corrected chi connectivity index (χ4v) is 3.97. The minimum absolute atomic E-state index is 0. The monoisotopic (exact) mass is 488 g/mol. The number of nitrogens with one attached hydrogen (secondary N) is 2. The van der Waals surface area contributed by atoms with Crippen LogP contribution in [-0.2, 0) is 24.9 Å². The Kier molecular flexibility index (Phi) is 7.87. The number of halogens is 1. The lowest BCUT2D eigenvalue weighted by Gasteiger charge is -2.25. The van der Waals surface area contributed by atoms with Crippen LogP contribution in [0, 0.1) is 0 Å². The summed E-state index contributed by atoms with van der Waals surface area (Å²) in [5.74, 6) is 2.92. The Bertz CT molecular complexity index is 707. The summed E-state index contributed by atoms with van der Waals surface area (Å²) in [7, 11) is 1.80. The Morgan fingerprint density at radius 2 is 2.12 bits per heavy atom. The number of aromatic nitrogens is 3. The van der Waals surface area contributed by atoms with Crippen LogP contribution in [0.3, 0.4) is 0 Å². The van der Waals surface area contributed by atoms with Gasteiger partial charge >= 0.3 is 0 Å². The van der Waals surface area contributed by atoms with Gasteiger partial charge in [0.2, 0.25) is 0 Å². The molecule has 2 N–H and O–H groups in total. The molecule has 144 valence electrons. The molecule has 3 rings (SSSR count). The average molecular weight is 488 g/mol. The normalized spacial score (nSPS) is 15.0. The van der Waals surface area contributed by atoms with Crippen molar-refractivity contribution < 1.29 is 0 Å². The molecule has 2 aromatic heterocycles. The number of guanidine groups is 1. The van der Waals surface area contributed by atoms with Crippen molar-refractivity contribution in [2.45, 2.75) is 58.0 Å². The summed E-state index contributed by atoms with van der Waals surface area (Å²) in [6.07, 6.45) is 4.73. The lowest BCUT2D eigenvalue weighted by Crippen LogP contribution is -2.43. The lowest BCUT2D eigenvalue weighted by molar-refractivity contribution is 0.517. The van der Waals surface area contributed by atoms with Gasteiger partial charge < -0.3 is 15.2 Å². The van der Waals surface area contributed by atoms with Crippen LogP contribution < -0.4 is 10.6 Å². The summed E-state index contributed by atoms with van der Waals surface area (Å²) in [6, 6.07) is 4.29. The minimum atomic E-state index is 0. The van der Waals surface area contributed by atoms with Gasteiger partial charge in [-0.3, -0.25) is 4.99 Å². The van der Waals surface area contributed by atoms with E-state index in [-0.39, 0.29) is 29.4 Å². The van der Waals surface area contributed by atoms with Crippen molar-refractivity contribution >= 4 is 41.3 Å². The van der Waals surface area contributed by atoms with Gasteiger partial charge in [-0.1, -0.05) is 26.3 Å². The minimum Gasteiger partial charge on any atom is -0.356 e. The molecule has 6 nitrogen and oxygen atoms in total. The molecule has 0 atom stereocenters. The zero-order chi connectivity index (χ0) is 17.7. The molecular formula is C18H29IN6S. The highest BCUT2D eigenvalue weighted by molar-refractivity contribution is 14.0. The molecule has 1 aliphatic rings. The predicted octanol–water partition coefficient (Wildman–Crippen LogP) is 3.33. The van der Waals surface area contributed by atoms with E-state index >= 15 is 0 Å². The van der Waals surface area contributed by atoms with E-state index in [0.29, 0.717) is 6.54 Å². The van der Waals surface area contributed by atoms with Crippen LogP contribution >= 0.6 is 35.3 Å². The Morgan fingerprint density at radius 3 is 2.85 bits per heavy atom. The second kappa shape index (κ2) is 9.68. The zero-order valence-corrected chi connectivity index (χ0v) is 18.9. The SMILES string of the molecule is CN=C(NCc1nnc2n1CCCCC2)NCC(C)(C)c1cccs1.I. The molecule has 0 aromatic carbocycles. The smallest absolute Gasteiger partial charge is 0.191 e. The molecule has 0 saturated carbocycles. The molecule has 0 bridgehead atoms. The van der Waals surface area contributed by atoms with E-state index in [2.05, 4.69) is 61.8 Å². The first-order valence-corrected chi connectivity index (χ1v) is 9.87. The zero-order valence-electron chi connectivity index (χ0n) is 15.8. The van der Waals surface area contributed by atoms with Crippen LogP contribution in [0.4, 0.5) is 0 Å². The molecule has 0 radical (unpaired) electrons. The van der Waals surface area contributed by atoms with Gasteiger partial charge in [0.25, 0.3) is 0 Å². The molecule has 0 fully saturated rings. The lowest BCUT2D eigenvalue weighted by atomic mass is 9.91. The standard InChI is InChI=1S/C18H28N6S.HI/c1-18(2,14-8-7-11-25-14)13-21-17(19-3)20-12-16-23-22-15-9-5-4-6-10-24(15)16;/h7-8,11H,4-6,9-10,12-13H2,1-3H3,(H2,19,20,21);1H. The third-order valence-corrected chi connectivity index (χ3v) is 5.95. The molecule has 0 unspecified atom stereocenters. The van der Waals surface area contributed by atoms with Crippen LogP contribution in [0.25, 0.3) is 0 Å². The predicted molar refractivity (Wildman–Crippen MR) is 119 cm³/mol. The third-order valence-electron chi connectivity index (χ3n) is 4.71. The quantitative estimate of drug-likeness (QED) is 0.385. The fourth-order valence-electron chi connectivity index (χ4n) is 3.11. The third kappa shape index (κ3) is 5.18. The number of aliphatic imine (C=N–C) groups is 1. The van der Waals surface area contributed by atoms with Gasteiger partial charge in [0.05, 0.1) is 6.54 Å². The number of hydrogen-bond donors (Lipinski definition) is 2. The molecule has 0 spiro atoms. The molecule has 3 heterocycles. The van der Waals surface area contributed by atoms with E-state index in [9.17, 15) is 0 Å². The van der Waals surface area contributed by atoms with Crippen molar-refractivity contribution in [1.82, 2.24) is 25.4 Å². The van der Waals surface area contributed by atoms with Crippen LogP contribution in [0.5, 0.6) is 0 Å². The Labute approximate surface area is 176 Å². The van der Waals surface area contributed by atoms with Crippen LogP contribution in [0.1, 0.15) is 49.6 Å². The molecule has 8 heteroatoms. The van der Waals surface area contributed by atoms with Gasteiger partial charge in [-0.05, 0) is 24.3 Å². The van der Waals surface area contributed by atoms with Gasteiger partial charge in [0.15, 0.2) is 11.8 Å². The van der Waals surface area contributed by atoms with Gasteiger partial charge in [-0.15, -0.1) is 45.5 Å². The summed E-state index contributed by atoms with van der Waals surface area (Å²) < 4.78 is 2.27. The van der Waals surface area contributed by atoms with E-state index in [1.54, 1.807) is 18.4 Å². The van der Waals surface area contributed by atoms with E-state index in [0.717, 1.165) is 37.1 Å². The first-order chi connectivity index (χ1) is 12.1. The van der Waals surface area contributed by atoms with E-state index in [4.69, 9.17) is 0 Å². The number of aryl methyl sites for hydroxylation is 1. The van der Waals surface area contributed by atoms with Gasteiger partial charge in [0, 0.05) is 36.9 Å². The van der Waals surface area contributed by atoms with Crippen LogP contribution in [0.15, 0.2) is 22.5 Å². The number of fused-ring (bicyclic) bond motifs is 1. The summed E-state index contributed by atoms with van der Waals surface area (Å²) >= 11 is 1.80. The molecular weight excluding hydrogens is 459 g/mol. The highest BCUT2D eigenvalue weighted by Gasteiger charge is 2.22. The molecule has 0 amide bonds. The van der Waals surface area contributed by atoms with Gasteiger partial charge in [-0.2, -0.15) is 0 Å². The van der Waals surface area contributed by atoms with Crippen molar-refractivity contribution in [3.05, 3.63) is 34.0 Å². The maximum absolute atomic E-state index is 4.36. The van der Waals surface area contributed by atoms with E-state index in [1.165, 1.54) is 24.1 Å². The van der Waals surface area contributed by atoms with E-state index in [1.807, 2.05) is 0 Å². The Morgan fingerprint density at radius 1 is 1.27 bits per heavy atom.